The van der Waals surface area contributed by atoms with Gasteiger partial charge < -0.3 is 9.47 Å². The minimum absolute atomic E-state index is 0.0817. The first-order valence-corrected chi connectivity index (χ1v) is 12.3. The van der Waals surface area contributed by atoms with E-state index in [1.807, 2.05) is 31.2 Å². The quantitative estimate of drug-likeness (QED) is 0.480. The minimum atomic E-state index is -4.01. The molecule has 0 fully saturated rings. The van der Waals surface area contributed by atoms with Gasteiger partial charge in [0.15, 0.2) is 5.13 Å². The standard InChI is InChI=1S/C22H23N3O6S2/c1-4-15-7-5-6-8-19(15)25(14(2)26)22-24-16(13-32-22)12-31-21(27)18-11-17(33(23,28)29)9-10-20(18)30-3/h5-11,13H,4,12H2,1-3H3,(H2,23,28,29). The fourth-order valence-electron chi connectivity index (χ4n) is 3.14. The molecule has 11 heteroatoms. The van der Waals surface area contributed by atoms with Gasteiger partial charge in [-0.1, -0.05) is 25.1 Å². The molecule has 2 aromatic carbocycles. The number of esters is 1. The average molecular weight is 490 g/mol. The van der Waals surface area contributed by atoms with Crippen LogP contribution in [0.3, 0.4) is 0 Å². The Hall–Kier alpha value is -3.28. The number of benzene rings is 2. The number of nitrogens with zero attached hydrogens (tertiary/aromatic N) is 2. The highest BCUT2D eigenvalue weighted by Gasteiger charge is 2.22. The molecule has 3 rings (SSSR count). The lowest BCUT2D eigenvalue weighted by atomic mass is 10.1. The second-order valence-corrected chi connectivity index (χ2v) is 9.34. The second kappa shape index (κ2) is 10.1. The van der Waals surface area contributed by atoms with E-state index in [1.54, 1.807) is 5.38 Å². The predicted octanol–water partition coefficient (Wildman–Crippen LogP) is 3.40. The van der Waals surface area contributed by atoms with Gasteiger partial charge in [0.05, 0.1) is 23.4 Å². The van der Waals surface area contributed by atoms with Crippen LogP contribution < -0.4 is 14.8 Å². The van der Waals surface area contributed by atoms with Crippen LogP contribution in [-0.4, -0.2) is 32.4 Å². The number of rotatable bonds is 8. The molecule has 3 aromatic rings. The fourth-order valence-corrected chi connectivity index (χ4v) is 4.55. The summed E-state index contributed by atoms with van der Waals surface area (Å²) in [5.74, 6) is -0.852. The van der Waals surface area contributed by atoms with Gasteiger partial charge in [0, 0.05) is 12.3 Å². The van der Waals surface area contributed by atoms with Crippen molar-refractivity contribution in [1.82, 2.24) is 4.98 Å². The lowest BCUT2D eigenvalue weighted by Gasteiger charge is -2.20. The van der Waals surface area contributed by atoms with E-state index >= 15 is 0 Å². The Morgan fingerprint density at radius 3 is 2.55 bits per heavy atom. The molecule has 0 aliphatic rings. The maximum absolute atomic E-state index is 12.6. The largest absolute Gasteiger partial charge is 0.496 e. The molecule has 9 nitrogen and oxygen atoms in total. The van der Waals surface area contributed by atoms with Gasteiger partial charge >= 0.3 is 5.97 Å². The summed E-state index contributed by atoms with van der Waals surface area (Å²) >= 11 is 1.24. The van der Waals surface area contributed by atoms with Crippen LogP contribution >= 0.6 is 11.3 Å². The molecule has 0 aliphatic heterocycles. The van der Waals surface area contributed by atoms with Gasteiger partial charge in [-0.25, -0.2) is 23.3 Å². The molecule has 0 saturated carbocycles. The second-order valence-electron chi connectivity index (χ2n) is 6.94. The fraction of sp³-hybridized carbons (Fsp3) is 0.227. The first kappa shape index (κ1) is 24.4. The van der Waals surface area contributed by atoms with E-state index in [0.29, 0.717) is 10.8 Å². The summed E-state index contributed by atoms with van der Waals surface area (Å²) < 4.78 is 33.7. The van der Waals surface area contributed by atoms with Crippen molar-refractivity contribution in [3.8, 4) is 5.75 Å². The van der Waals surface area contributed by atoms with Gasteiger partial charge in [-0.3, -0.25) is 9.69 Å². The molecular formula is C22H23N3O6S2. The molecule has 2 N–H and O–H groups in total. The predicted molar refractivity (Wildman–Crippen MR) is 124 cm³/mol. The third kappa shape index (κ3) is 5.56. The smallest absolute Gasteiger partial charge is 0.342 e. The van der Waals surface area contributed by atoms with Gasteiger partial charge in [0.2, 0.25) is 15.9 Å². The number of amides is 1. The highest BCUT2D eigenvalue weighted by atomic mass is 32.2. The number of aromatic nitrogens is 1. The van der Waals surface area contributed by atoms with Crippen molar-refractivity contribution in [2.45, 2.75) is 31.8 Å². The first-order valence-electron chi connectivity index (χ1n) is 9.86. The number of anilines is 2. The van der Waals surface area contributed by atoms with Crippen LogP contribution in [0.1, 0.15) is 35.5 Å². The van der Waals surface area contributed by atoms with Crippen LogP contribution in [0, 0.1) is 0 Å². The summed E-state index contributed by atoms with van der Waals surface area (Å²) in [6.45, 7) is 3.28. The number of ether oxygens (including phenoxy) is 2. The highest BCUT2D eigenvalue weighted by molar-refractivity contribution is 7.89. The lowest BCUT2D eigenvalue weighted by molar-refractivity contribution is -0.115. The van der Waals surface area contributed by atoms with Gasteiger partial charge in [0.1, 0.15) is 17.9 Å². The molecule has 0 radical (unpaired) electrons. The Morgan fingerprint density at radius 1 is 1.18 bits per heavy atom. The number of nitrogens with two attached hydrogens (primary N) is 1. The van der Waals surface area contributed by atoms with Crippen LogP contribution in [0.4, 0.5) is 10.8 Å². The summed E-state index contributed by atoms with van der Waals surface area (Å²) in [5.41, 5.74) is 2.10. The van der Waals surface area contributed by atoms with Crippen molar-refractivity contribution in [1.29, 1.82) is 0 Å². The van der Waals surface area contributed by atoms with Crippen molar-refractivity contribution < 1.29 is 27.5 Å². The van der Waals surface area contributed by atoms with Gasteiger partial charge in [-0.15, -0.1) is 11.3 Å². The zero-order valence-corrected chi connectivity index (χ0v) is 19.9. The molecular weight excluding hydrogens is 466 g/mol. The number of para-hydroxylation sites is 1. The molecule has 0 saturated heterocycles. The molecule has 0 bridgehead atoms. The molecule has 1 heterocycles. The van der Waals surface area contributed by atoms with Crippen molar-refractivity contribution in [3.05, 3.63) is 64.7 Å². The van der Waals surface area contributed by atoms with E-state index in [0.717, 1.165) is 23.7 Å². The Kier molecular flexibility index (Phi) is 7.46. The number of carbonyl (C=O) groups excluding carboxylic acids is 2. The number of primary sulfonamides is 1. The highest BCUT2D eigenvalue weighted by Crippen LogP contribution is 2.32. The van der Waals surface area contributed by atoms with Crippen molar-refractivity contribution in [2.75, 3.05) is 12.0 Å². The van der Waals surface area contributed by atoms with Crippen LogP contribution in [0.25, 0.3) is 0 Å². The molecule has 0 spiro atoms. The number of sulfonamides is 1. The minimum Gasteiger partial charge on any atom is -0.496 e. The van der Waals surface area contributed by atoms with Crippen molar-refractivity contribution in [3.63, 3.8) is 0 Å². The molecule has 0 aliphatic carbocycles. The van der Waals surface area contributed by atoms with E-state index in [-0.39, 0.29) is 28.7 Å². The summed E-state index contributed by atoms with van der Waals surface area (Å²) in [5, 5.41) is 7.28. The Balaban J connectivity index is 1.81. The van der Waals surface area contributed by atoms with E-state index < -0.39 is 16.0 Å². The molecule has 1 aromatic heterocycles. The van der Waals surface area contributed by atoms with E-state index in [1.165, 1.54) is 42.4 Å². The zero-order valence-electron chi connectivity index (χ0n) is 18.3. The Bertz CT molecular complexity index is 1290. The van der Waals surface area contributed by atoms with Gasteiger partial charge in [-0.2, -0.15) is 0 Å². The van der Waals surface area contributed by atoms with Gasteiger partial charge in [0.25, 0.3) is 0 Å². The number of thiazole rings is 1. The molecule has 174 valence electrons. The van der Waals surface area contributed by atoms with E-state index in [2.05, 4.69) is 4.98 Å². The summed E-state index contributed by atoms with van der Waals surface area (Å²) in [6, 6.07) is 11.2. The monoisotopic (exact) mass is 489 g/mol. The van der Waals surface area contributed by atoms with E-state index in [9.17, 15) is 18.0 Å². The lowest BCUT2D eigenvalue weighted by Crippen LogP contribution is -2.23. The van der Waals surface area contributed by atoms with Crippen molar-refractivity contribution >= 4 is 44.1 Å². The number of carbonyl (C=O) groups is 2. The third-order valence-electron chi connectivity index (χ3n) is 4.73. The average Bonchev–Trinajstić information content (AvgIpc) is 3.25. The van der Waals surface area contributed by atoms with E-state index in [4.69, 9.17) is 14.6 Å². The maximum Gasteiger partial charge on any atom is 0.342 e. The van der Waals surface area contributed by atoms with Crippen LogP contribution in [0.15, 0.2) is 52.7 Å². The molecule has 33 heavy (non-hydrogen) atoms. The number of aryl methyl sites for hydroxylation is 1. The zero-order chi connectivity index (χ0) is 24.2. The summed E-state index contributed by atoms with van der Waals surface area (Å²) in [7, 11) is -2.66. The first-order chi connectivity index (χ1) is 15.7. The third-order valence-corrected chi connectivity index (χ3v) is 6.52. The molecule has 1 amide bonds. The SMILES string of the molecule is CCc1ccccc1N(C(C)=O)c1nc(COC(=O)c2cc(S(N)(=O)=O)ccc2OC)cs1. The van der Waals surface area contributed by atoms with Crippen molar-refractivity contribution in [2.24, 2.45) is 5.14 Å². The molecule has 0 unspecified atom stereocenters. The van der Waals surface area contributed by atoms with Gasteiger partial charge in [-0.05, 0) is 36.2 Å². The number of hydrogen-bond acceptors (Lipinski definition) is 8. The van der Waals surface area contributed by atoms with Crippen LogP contribution in [-0.2, 0) is 32.6 Å². The summed E-state index contributed by atoms with van der Waals surface area (Å²) in [6.07, 6.45) is 0.745. The van der Waals surface area contributed by atoms with Crippen LogP contribution in [0.2, 0.25) is 0 Å². The normalized spacial score (nSPS) is 11.2. The molecule has 0 atom stereocenters. The Morgan fingerprint density at radius 2 is 1.91 bits per heavy atom. The number of methoxy groups -OCH3 is 1. The summed E-state index contributed by atoms with van der Waals surface area (Å²) in [4.78, 5) is 30.7. The number of hydrogen-bond donors (Lipinski definition) is 1. The van der Waals surface area contributed by atoms with Crippen LogP contribution in [0.5, 0.6) is 5.75 Å². The maximum atomic E-state index is 12.6. The topological polar surface area (TPSA) is 129 Å². The Labute approximate surface area is 195 Å².